The number of aromatic nitrogens is 2. The van der Waals surface area contributed by atoms with Crippen LogP contribution in [0.1, 0.15) is 51.4 Å². The lowest BCUT2D eigenvalue weighted by Crippen LogP contribution is -2.41. The van der Waals surface area contributed by atoms with Gasteiger partial charge in [-0.15, -0.1) is 0 Å². The molecule has 1 aliphatic rings. The van der Waals surface area contributed by atoms with Crippen LogP contribution in [0.5, 0.6) is 11.5 Å². The third-order valence-electron chi connectivity index (χ3n) is 7.07. The van der Waals surface area contributed by atoms with E-state index >= 15 is 0 Å². The predicted molar refractivity (Wildman–Crippen MR) is 150 cm³/mol. The molecule has 2 aromatic carbocycles. The summed E-state index contributed by atoms with van der Waals surface area (Å²) in [6, 6.07) is 12.0. The largest absolute Gasteiger partial charge is 0.497 e. The van der Waals surface area contributed by atoms with Crippen molar-refractivity contribution in [2.24, 2.45) is 0 Å². The molecule has 10 nitrogen and oxygen atoms in total. The van der Waals surface area contributed by atoms with Crippen LogP contribution >= 0.6 is 0 Å². The number of ether oxygens (including phenoxy) is 2. The van der Waals surface area contributed by atoms with Gasteiger partial charge in [-0.05, 0) is 37.8 Å². The van der Waals surface area contributed by atoms with Gasteiger partial charge in [-0.1, -0.05) is 31.4 Å². The Hall–Kier alpha value is -4.08. The van der Waals surface area contributed by atoms with E-state index in [9.17, 15) is 19.2 Å². The van der Waals surface area contributed by atoms with E-state index in [1.807, 2.05) is 0 Å². The molecule has 10 heteroatoms. The van der Waals surface area contributed by atoms with Crippen molar-refractivity contribution in [3.05, 3.63) is 63.3 Å². The lowest BCUT2D eigenvalue weighted by molar-refractivity contribution is -0.122. The van der Waals surface area contributed by atoms with Gasteiger partial charge in [-0.25, -0.2) is 4.79 Å². The molecule has 39 heavy (non-hydrogen) atoms. The van der Waals surface area contributed by atoms with Gasteiger partial charge in [0, 0.05) is 42.9 Å². The van der Waals surface area contributed by atoms with Crippen LogP contribution in [0.25, 0.3) is 10.9 Å². The van der Waals surface area contributed by atoms with Crippen LogP contribution in [-0.4, -0.2) is 41.2 Å². The third kappa shape index (κ3) is 7.07. The fourth-order valence-electron chi connectivity index (χ4n) is 5.05. The zero-order valence-corrected chi connectivity index (χ0v) is 22.5. The fourth-order valence-corrected chi connectivity index (χ4v) is 5.05. The highest BCUT2D eigenvalue weighted by atomic mass is 16.5. The summed E-state index contributed by atoms with van der Waals surface area (Å²) in [5.74, 6) is 0.583. The van der Waals surface area contributed by atoms with Gasteiger partial charge in [-0.2, -0.15) is 0 Å². The molecule has 1 fully saturated rings. The number of carbonyl (C=O) groups excluding carboxylic acids is 2. The first kappa shape index (κ1) is 27.9. The van der Waals surface area contributed by atoms with Gasteiger partial charge in [-0.3, -0.25) is 23.5 Å². The van der Waals surface area contributed by atoms with Crippen LogP contribution in [-0.2, 0) is 22.7 Å². The van der Waals surface area contributed by atoms with Crippen molar-refractivity contribution in [2.45, 2.75) is 70.5 Å². The summed E-state index contributed by atoms with van der Waals surface area (Å²) in [6.45, 7) is -0.128. The summed E-state index contributed by atoms with van der Waals surface area (Å²) in [7, 11) is 3.02. The van der Waals surface area contributed by atoms with E-state index in [0.717, 1.165) is 30.3 Å². The number of benzene rings is 2. The van der Waals surface area contributed by atoms with Gasteiger partial charge < -0.3 is 20.1 Å². The van der Waals surface area contributed by atoms with Gasteiger partial charge in [0.05, 0.1) is 25.1 Å². The van der Waals surface area contributed by atoms with E-state index in [1.165, 1.54) is 25.2 Å². The fraction of sp³-hybridized carbons (Fsp3) is 0.448. The standard InChI is InChI=1S/C29H36N4O6/c1-38-22-16-21(17-23(18-22)39-2)31-27(35)19-33-25-13-7-6-12-24(25)28(36)32(29(33)37)15-9-8-14-26(34)30-20-10-4-3-5-11-20/h6-7,12-13,16-18,20H,3-5,8-11,14-15,19H2,1-2H3,(H,30,34)(H,31,35). The van der Waals surface area contributed by atoms with Crippen LogP contribution in [0, 0.1) is 0 Å². The Morgan fingerprint density at radius 1 is 0.897 bits per heavy atom. The van der Waals surface area contributed by atoms with Crippen molar-refractivity contribution in [3.8, 4) is 11.5 Å². The molecule has 2 amide bonds. The van der Waals surface area contributed by atoms with Crippen LogP contribution in [0.3, 0.4) is 0 Å². The summed E-state index contributed by atoms with van der Waals surface area (Å²) in [4.78, 5) is 51.9. The zero-order valence-electron chi connectivity index (χ0n) is 22.5. The van der Waals surface area contributed by atoms with Gasteiger partial charge >= 0.3 is 5.69 Å². The second kappa shape index (κ2) is 13.1. The first-order valence-electron chi connectivity index (χ1n) is 13.4. The Balaban J connectivity index is 1.47. The lowest BCUT2D eigenvalue weighted by Gasteiger charge is -2.22. The summed E-state index contributed by atoms with van der Waals surface area (Å²) < 4.78 is 13.0. The van der Waals surface area contributed by atoms with E-state index in [0.29, 0.717) is 47.4 Å². The second-order valence-electron chi connectivity index (χ2n) is 9.85. The van der Waals surface area contributed by atoms with Crippen molar-refractivity contribution in [3.63, 3.8) is 0 Å². The first-order valence-corrected chi connectivity index (χ1v) is 13.4. The molecule has 1 aromatic heterocycles. The number of hydrogen-bond acceptors (Lipinski definition) is 6. The van der Waals surface area contributed by atoms with Gasteiger partial charge in [0.15, 0.2) is 0 Å². The normalized spacial score (nSPS) is 13.7. The molecule has 2 N–H and O–H groups in total. The third-order valence-corrected chi connectivity index (χ3v) is 7.07. The van der Waals surface area contributed by atoms with Crippen molar-refractivity contribution < 1.29 is 19.1 Å². The summed E-state index contributed by atoms with van der Waals surface area (Å²) >= 11 is 0. The number of anilines is 1. The molecule has 4 rings (SSSR count). The van der Waals surface area contributed by atoms with E-state index in [2.05, 4.69) is 10.6 Å². The minimum atomic E-state index is -0.566. The number of para-hydroxylation sites is 1. The molecule has 208 valence electrons. The monoisotopic (exact) mass is 536 g/mol. The SMILES string of the molecule is COc1cc(NC(=O)Cn2c(=O)n(CCCCC(=O)NC3CCCCC3)c(=O)c3ccccc32)cc(OC)c1. The average Bonchev–Trinajstić information content (AvgIpc) is 2.95. The number of carbonyl (C=O) groups is 2. The number of rotatable bonds is 11. The second-order valence-corrected chi connectivity index (χ2v) is 9.85. The molecule has 1 heterocycles. The molecule has 0 saturated heterocycles. The van der Waals surface area contributed by atoms with E-state index in [-0.39, 0.29) is 25.0 Å². The number of unbranched alkanes of at least 4 members (excludes halogenated alkanes) is 1. The Morgan fingerprint density at radius 3 is 2.28 bits per heavy atom. The molecule has 3 aromatic rings. The Morgan fingerprint density at radius 2 is 1.59 bits per heavy atom. The molecule has 0 spiro atoms. The highest BCUT2D eigenvalue weighted by molar-refractivity contribution is 5.92. The Bertz CT molecular complexity index is 1420. The number of methoxy groups -OCH3 is 2. The van der Waals surface area contributed by atoms with Crippen molar-refractivity contribution in [1.29, 1.82) is 0 Å². The number of amides is 2. The average molecular weight is 537 g/mol. The van der Waals surface area contributed by atoms with Crippen LogP contribution in [0.4, 0.5) is 5.69 Å². The summed E-state index contributed by atoms with van der Waals surface area (Å²) in [6.07, 6.45) is 6.95. The topological polar surface area (TPSA) is 121 Å². The molecular weight excluding hydrogens is 500 g/mol. The van der Waals surface area contributed by atoms with Crippen LogP contribution in [0.15, 0.2) is 52.1 Å². The maximum absolute atomic E-state index is 13.4. The highest BCUT2D eigenvalue weighted by Gasteiger charge is 2.17. The van der Waals surface area contributed by atoms with Crippen LogP contribution < -0.4 is 31.4 Å². The van der Waals surface area contributed by atoms with Crippen molar-refractivity contribution in [2.75, 3.05) is 19.5 Å². The smallest absolute Gasteiger partial charge is 0.331 e. The van der Waals surface area contributed by atoms with E-state index in [1.54, 1.807) is 42.5 Å². The van der Waals surface area contributed by atoms with Gasteiger partial charge in [0.1, 0.15) is 18.0 Å². The Labute approximate surface area is 226 Å². The highest BCUT2D eigenvalue weighted by Crippen LogP contribution is 2.25. The van der Waals surface area contributed by atoms with E-state index in [4.69, 9.17) is 9.47 Å². The number of nitrogens with one attached hydrogen (secondary N) is 2. The molecule has 0 aliphatic heterocycles. The maximum Gasteiger partial charge on any atom is 0.331 e. The maximum atomic E-state index is 13.4. The minimum absolute atomic E-state index is 0.0102. The molecule has 0 bridgehead atoms. The predicted octanol–water partition coefficient (Wildman–Crippen LogP) is 3.44. The minimum Gasteiger partial charge on any atom is -0.497 e. The molecule has 0 atom stereocenters. The van der Waals surface area contributed by atoms with Gasteiger partial charge in [0.25, 0.3) is 5.56 Å². The van der Waals surface area contributed by atoms with E-state index < -0.39 is 17.2 Å². The Kier molecular flexibility index (Phi) is 9.40. The number of nitrogens with zero attached hydrogens (tertiary/aromatic N) is 2. The zero-order chi connectivity index (χ0) is 27.8. The van der Waals surface area contributed by atoms with Gasteiger partial charge in [0.2, 0.25) is 11.8 Å². The molecule has 0 unspecified atom stereocenters. The van der Waals surface area contributed by atoms with Crippen LogP contribution in [0.2, 0.25) is 0 Å². The first-order chi connectivity index (χ1) is 18.9. The molecular formula is C29H36N4O6. The van der Waals surface area contributed by atoms with Crippen molar-refractivity contribution >= 4 is 28.4 Å². The molecule has 1 saturated carbocycles. The van der Waals surface area contributed by atoms with Crippen molar-refractivity contribution in [1.82, 2.24) is 14.5 Å². The lowest BCUT2D eigenvalue weighted by atomic mass is 9.95. The molecule has 0 radical (unpaired) electrons. The number of hydrogen-bond donors (Lipinski definition) is 2. The summed E-state index contributed by atoms with van der Waals surface area (Å²) in [5, 5.41) is 6.22. The molecule has 1 aliphatic carbocycles. The number of fused-ring (bicyclic) bond motifs is 1. The quantitative estimate of drug-likeness (QED) is 0.362. The summed E-state index contributed by atoms with van der Waals surface area (Å²) in [5.41, 5.74) is -0.137.